The lowest BCUT2D eigenvalue weighted by Crippen LogP contribution is -1.99. The SMILES string of the molecule is CC(=O)OCCCC#CC#C[C@H](O)c1ccccc1. The summed E-state index contributed by atoms with van der Waals surface area (Å²) in [5, 5.41) is 9.72. The van der Waals surface area contributed by atoms with Crippen molar-refractivity contribution >= 4 is 5.97 Å². The maximum Gasteiger partial charge on any atom is 0.302 e. The number of ether oxygens (including phenoxy) is 1. The Kier molecular flexibility index (Phi) is 6.87. The minimum absolute atomic E-state index is 0.279. The Balaban J connectivity index is 2.29. The van der Waals surface area contributed by atoms with Gasteiger partial charge < -0.3 is 9.84 Å². The lowest BCUT2D eigenvalue weighted by Gasteiger charge is -2.00. The van der Waals surface area contributed by atoms with Crippen molar-refractivity contribution in [2.75, 3.05) is 6.61 Å². The van der Waals surface area contributed by atoms with E-state index in [0.29, 0.717) is 19.4 Å². The first-order chi connectivity index (χ1) is 9.20. The van der Waals surface area contributed by atoms with E-state index < -0.39 is 6.10 Å². The molecule has 1 atom stereocenters. The van der Waals surface area contributed by atoms with Gasteiger partial charge in [0.25, 0.3) is 0 Å². The Hall–Kier alpha value is -2.23. The lowest BCUT2D eigenvalue weighted by atomic mass is 10.1. The number of unbranched alkanes of at least 4 members (excludes halogenated alkanes) is 1. The van der Waals surface area contributed by atoms with E-state index in [9.17, 15) is 9.90 Å². The van der Waals surface area contributed by atoms with E-state index in [1.165, 1.54) is 6.92 Å². The predicted octanol–water partition coefficient (Wildman–Crippen LogP) is 2.07. The fraction of sp³-hybridized carbons (Fsp3) is 0.312. The normalized spacial score (nSPS) is 10.4. The highest BCUT2D eigenvalue weighted by molar-refractivity contribution is 5.65. The summed E-state index contributed by atoms with van der Waals surface area (Å²) in [6.07, 6.45) is 0.496. The minimum atomic E-state index is -0.809. The van der Waals surface area contributed by atoms with Crippen LogP contribution in [0.4, 0.5) is 0 Å². The van der Waals surface area contributed by atoms with Crippen molar-refractivity contribution < 1.29 is 14.6 Å². The summed E-state index contributed by atoms with van der Waals surface area (Å²) >= 11 is 0. The summed E-state index contributed by atoms with van der Waals surface area (Å²) < 4.78 is 4.76. The molecule has 0 aliphatic rings. The molecule has 0 spiro atoms. The van der Waals surface area contributed by atoms with E-state index in [2.05, 4.69) is 23.7 Å². The first kappa shape index (κ1) is 14.8. The van der Waals surface area contributed by atoms with Gasteiger partial charge in [-0.15, -0.1) is 0 Å². The molecule has 1 aromatic carbocycles. The summed E-state index contributed by atoms with van der Waals surface area (Å²) in [4.78, 5) is 10.5. The van der Waals surface area contributed by atoms with Crippen LogP contribution < -0.4 is 0 Å². The first-order valence-corrected chi connectivity index (χ1v) is 6.05. The molecule has 19 heavy (non-hydrogen) atoms. The molecule has 0 aliphatic heterocycles. The van der Waals surface area contributed by atoms with Crippen LogP contribution in [0.2, 0.25) is 0 Å². The maximum absolute atomic E-state index is 10.5. The maximum atomic E-state index is 10.5. The van der Waals surface area contributed by atoms with E-state index in [1.807, 2.05) is 30.3 Å². The van der Waals surface area contributed by atoms with Gasteiger partial charge in [0, 0.05) is 13.3 Å². The summed E-state index contributed by atoms with van der Waals surface area (Å²) in [5.74, 6) is 10.5. The minimum Gasteiger partial charge on any atom is -0.466 e. The number of benzene rings is 1. The van der Waals surface area contributed by atoms with Crippen molar-refractivity contribution in [1.82, 2.24) is 0 Å². The molecule has 0 bridgehead atoms. The zero-order valence-electron chi connectivity index (χ0n) is 10.8. The molecule has 0 heterocycles. The Morgan fingerprint density at radius 1 is 1.32 bits per heavy atom. The van der Waals surface area contributed by atoms with Crippen LogP contribution in [0.25, 0.3) is 0 Å². The highest BCUT2D eigenvalue weighted by Gasteiger charge is 2.00. The number of esters is 1. The van der Waals surface area contributed by atoms with Gasteiger partial charge in [-0.05, 0) is 23.8 Å². The van der Waals surface area contributed by atoms with Crippen LogP contribution in [0, 0.1) is 23.7 Å². The predicted molar refractivity (Wildman–Crippen MR) is 72.8 cm³/mol. The van der Waals surface area contributed by atoms with E-state index in [4.69, 9.17) is 4.74 Å². The monoisotopic (exact) mass is 256 g/mol. The Morgan fingerprint density at radius 3 is 2.74 bits per heavy atom. The second-order valence-electron chi connectivity index (χ2n) is 3.83. The van der Waals surface area contributed by atoms with Crippen LogP contribution in [-0.4, -0.2) is 17.7 Å². The highest BCUT2D eigenvalue weighted by atomic mass is 16.5. The molecule has 98 valence electrons. The number of carbonyl (C=O) groups is 1. The van der Waals surface area contributed by atoms with Crippen LogP contribution in [0.1, 0.15) is 31.4 Å². The van der Waals surface area contributed by atoms with Crippen molar-refractivity contribution in [3.05, 3.63) is 35.9 Å². The number of hydrogen-bond donors (Lipinski definition) is 1. The Bertz CT molecular complexity index is 512. The Labute approximate surface area is 113 Å². The van der Waals surface area contributed by atoms with Crippen LogP contribution in [-0.2, 0) is 9.53 Å². The molecular formula is C16H16O3. The molecule has 1 aromatic rings. The Morgan fingerprint density at radius 2 is 2.05 bits per heavy atom. The average Bonchev–Trinajstić information content (AvgIpc) is 2.42. The molecule has 3 heteroatoms. The molecule has 0 saturated heterocycles. The average molecular weight is 256 g/mol. The molecule has 0 unspecified atom stereocenters. The van der Waals surface area contributed by atoms with Gasteiger partial charge in [-0.3, -0.25) is 4.79 Å². The summed E-state index contributed by atoms with van der Waals surface area (Å²) in [6, 6.07) is 9.20. The van der Waals surface area contributed by atoms with E-state index in [-0.39, 0.29) is 5.97 Å². The summed E-state index contributed by atoms with van der Waals surface area (Å²) in [5.41, 5.74) is 0.756. The topological polar surface area (TPSA) is 46.5 Å². The van der Waals surface area contributed by atoms with Gasteiger partial charge in [-0.1, -0.05) is 42.2 Å². The quantitative estimate of drug-likeness (QED) is 0.509. The van der Waals surface area contributed by atoms with Crippen LogP contribution in [0.3, 0.4) is 0 Å². The van der Waals surface area contributed by atoms with Crippen molar-refractivity contribution in [1.29, 1.82) is 0 Å². The van der Waals surface area contributed by atoms with Gasteiger partial charge in [0.1, 0.15) is 6.10 Å². The van der Waals surface area contributed by atoms with Gasteiger partial charge in [0.15, 0.2) is 0 Å². The molecule has 0 fully saturated rings. The van der Waals surface area contributed by atoms with Gasteiger partial charge >= 0.3 is 5.97 Å². The van der Waals surface area contributed by atoms with Crippen LogP contribution in [0.15, 0.2) is 30.3 Å². The summed E-state index contributed by atoms with van der Waals surface area (Å²) in [7, 11) is 0. The zero-order chi connectivity index (χ0) is 13.9. The molecule has 0 saturated carbocycles. The molecule has 1 N–H and O–H groups in total. The number of aliphatic hydroxyl groups excluding tert-OH is 1. The second kappa shape index (κ2) is 8.80. The second-order valence-corrected chi connectivity index (χ2v) is 3.83. The molecule has 0 amide bonds. The first-order valence-electron chi connectivity index (χ1n) is 6.05. The molecule has 0 radical (unpaired) electrons. The third-order valence-electron chi connectivity index (χ3n) is 2.23. The van der Waals surface area contributed by atoms with Crippen molar-refractivity contribution in [2.24, 2.45) is 0 Å². The van der Waals surface area contributed by atoms with Crippen molar-refractivity contribution in [3.63, 3.8) is 0 Å². The summed E-state index contributed by atoms with van der Waals surface area (Å²) in [6.45, 7) is 1.76. The largest absolute Gasteiger partial charge is 0.466 e. The van der Waals surface area contributed by atoms with Crippen molar-refractivity contribution in [2.45, 2.75) is 25.9 Å². The molecule has 3 nitrogen and oxygen atoms in total. The third-order valence-corrected chi connectivity index (χ3v) is 2.23. The van der Waals surface area contributed by atoms with Gasteiger partial charge in [-0.2, -0.15) is 0 Å². The van der Waals surface area contributed by atoms with Crippen LogP contribution in [0.5, 0.6) is 0 Å². The zero-order valence-corrected chi connectivity index (χ0v) is 10.8. The van der Waals surface area contributed by atoms with Crippen molar-refractivity contribution in [3.8, 4) is 23.7 Å². The third kappa shape index (κ3) is 6.93. The van der Waals surface area contributed by atoms with Gasteiger partial charge in [0.2, 0.25) is 0 Å². The van der Waals surface area contributed by atoms with E-state index in [1.54, 1.807) is 0 Å². The lowest BCUT2D eigenvalue weighted by molar-refractivity contribution is -0.141. The fourth-order valence-electron chi connectivity index (χ4n) is 1.31. The van der Waals surface area contributed by atoms with Gasteiger partial charge in [-0.25, -0.2) is 0 Å². The number of hydrogen-bond acceptors (Lipinski definition) is 3. The molecule has 1 rings (SSSR count). The van der Waals surface area contributed by atoms with E-state index in [0.717, 1.165) is 5.56 Å². The van der Waals surface area contributed by atoms with E-state index >= 15 is 0 Å². The molecule has 0 aromatic heterocycles. The smallest absolute Gasteiger partial charge is 0.302 e. The number of aliphatic hydroxyl groups is 1. The van der Waals surface area contributed by atoms with Crippen LogP contribution >= 0.6 is 0 Å². The highest BCUT2D eigenvalue weighted by Crippen LogP contribution is 2.09. The number of carbonyl (C=O) groups excluding carboxylic acids is 1. The number of rotatable bonds is 4. The van der Waals surface area contributed by atoms with Gasteiger partial charge in [0.05, 0.1) is 6.61 Å². The molecular weight excluding hydrogens is 240 g/mol. The molecule has 0 aliphatic carbocycles. The standard InChI is InChI=1S/C16H16O3/c1-14(17)19-13-9-4-2-3-8-12-16(18)15-10-6-5-7-11-15/h5-7,10-11,16,18H,4,9,13H2,1H3/t16-/m0/s1. The fourth-order valence-corrected chi connectivity index (χ4v) is 1.31.